The van der Waals surface area contributed by atoms with E-state index in [9.17, 15) is 18.4 Å². The van der Waals surface area contributed by atoms with Gasteiger partial charge in [-0.3, -0.25) is 9.88 Å². The van der Waals surface area contributed by atoms with Gasteiger partial charge in [-0.2, -0.15) is 4.98 Å². The minimum Gasteiger partial charge on any atom is -0.303 e. The highest BCUT2D eigenvalue weighted by atomic mass is 19.1. The van der Waals surface area contributed by atoms with Crippen LogP contribution in [-0.2, 0) is 6.54 Å². The molecule has 0 aliphatic heterocycles. The summed E-state index contributed by atoms with van der Waals surface area (Å²) in [7, 11) is 0. The Hall–Kier alpha value is -3.29. The number of nitrogens with one attached hydrogen (secondary N) is 2. The normalized spacial score (nSPS) is 10.8. The summed E-state index contributed by atoms with van der Waals surface area (Å²) in [6.45, 7) is 2.33. The van der Waals surface area contributed by atoms with Crippen molar-refractivity contribution >= 4 is 28.4 Å². The zero-order valence-electron chi connectivity index (χ0n) is 14.6. The number of halogens is 2. The first-order valence-electron chi connectivity index (χ1n) is 8.53. The number of carbonyl (C=O) groups is 1. The van der Waals surface area contributed by atoms with Crippen molar-refractivity contribution in [3.8, 4) is 0 Å². The topological polar surface area (TPSA) is 76.0 Å². The first kappa shape index (κ1) is 18.5. The average Bonchev–Trinajstić information content (AvgIpc) is 2.64. The number of para-hydroxylation sites is 2. The molecule has 0 aliphatic rings. The summed E-state index contributed by atoms with van der Waals surface area (Å²) in [5.41, 5.74) is -0.645. The maximum Gasteiger partial charge on any atom is 0.349 e. The zero-order chi connectivity index (χ0) is 19.4. The van der Waals surface area contributed by atoms with Crippen LogP contribution in [0.3, 0.4) is 0 Å². The van der Waals surface area contributed by atoms with Gasteiger partial charge in [0.25, 0.3) is 0 Å². The van der Waals surface area contributed by atoms with Crippen molar-refractivity contribution in [1.29, 1.82) is 0 Å². The largest absolute Gasteiger partial charge is 0.349 e. The molecular formula is C19H18F2N4O2. The standard InChI is InChI=1S/C19H18F2N4O2/c1-2-3-11-25-17(12-7-4-5-10-15(12)22-19(25)27)24-18(26)23-16-13(20)8-6-9-14(16)21/h4-10H,2-3,11H2,1H3,(H2,23,24,26). The minimum absolute atomic E-state index is 0.230. The van der Waals surface area contributed by atoms with Crippen LogP contribution >= 0.6 is 0 Å². The van der Waals surface area contributed by atoms with Crippen molar-refractivity contribution in [3.05, 3.63) is 64.6 Å². The van der Waals surface area contributed by atoms with Gasteiger partial charge in [-0.25, -0.2) is 18.4 Å². The number of hydrogen-bond acceptors (Lipinski definition) is 3. The van der Waals surface area contributed by atoms with Crippen molar-refractivity contribution < 1.29 is 13.6 Å². The molecule has 140 valence electrons. The molecule has 27 heavy (non-hydrogen) atoms. The highest BCUT2D eigenvalue weighted by Crippen LogP contribution is 2.22. The van der Waals surface area contributed by atoms with Crippen LogP contribution in [-0.4, -0.2) is 15.6 Å². The molecule has 0 fully saturated rings. The van der Waals surface area contributed by atoms with Crippen LogP contribution in [0.4, 0.5) is 25.1 Å². The first-order chi connectivity index (χ1) is 13.0. The lowest BCUT2D eigenvalue weighted by Gasteiger charge is -2.16. The second-order valence-electron chi connectivity index (χ2n) is 5.94. The lowest BCUT2D eigenvalue weighted by molar-refractivity contribution is 0.261. The second kappa shape index (κ2) is 7.94. The Morgan fingerprint density at radius 3 is 2.48 bits per heavy atom. The summed E-state index contributed by atoms with van der Waals surface area (Å²) < 4.78 is 28.9. The molecule has 1 heterocycles. The van der Waals surface area contributed by atoms with Gasteiger partial charge in [0.05, 0.1) is 5.52 Å². The van der Waals surface area contributed by atoms with Crippen LogP contribution in [0, 0.1) is 11.6 Å². The lowest BCUT2D eigenvalue weighted by Crippen LogP contribution is -2.30. The van der Waals surface area contributed by atoms with Gasteiger partial charge >= 0.3 is 11.7 Å². The van der Waals surface area contributed by atoms with Crippen LogP contribution in [0.25, 0.3) is 10.9 Å². The molecule has 0 spiro atoms. The molecule has 2 aromatic carbocycles. The Morgan fingerprint density at radius 1 is 1.07 bits per heavy atom. The molecule has 2 N–H and O–H groups in total. The maximum absolute atomic E-state index is 13.8. The molecule has 0 aliphatic carbocycles. The van der Waals surface area contributed by atoms with E-state index in [0.29, 0.717) is 23.9 Å². The van der Waals surface area contributed by atoms with Crippen molar-refractivity contribution in [1.82, 2.24) is 9.55 Å². The van der Waals surface area contributed by atoms with Gasteiger partial charge in [0, 0.05) is 11.9 Å². The van der Waals surface area contributed by atoms with Gasteiger partial charge in [0.2, 0.25) is 0 Å². The molecule has 0 saturated heterocycles. The second-order valence-corrected chi connectivity index (χ2v) is 5.94. The molecule has 0 radical (unpaired) electrons. The summed E-state index contributed by atoms with van der Waals surface area (Å²) >= 11 is 0. The number of hydrogen-bond donors (Lipinski definition) is 2. The van der Waals surface area contributed by atoms with E-state index < -0.39 is 29.0 Å². The first-order valence-corrected chi connectivity index (χ1v) is 8.53. The van der Waals surface area contributed by atoms with Gasteiger partial charge < -0.3 is 5.32 Å². The monoisotopic (exact) mass is 372 g/mol. The van der Waals surface area contributed by atoms with E-state index in [0.717, 1.165) is 18.6 Å². The average molecular weight is 372 g/mol. The van der Waals surface area contributed by atoms with Gasteiger partial charge in [-0.15, -0.1) is 0 Å². The SMILES string of the molecule is CCCCn1c(NC(=O)Nc2c(F)cccc2F)c2ccccc2nc1=O. The molecule has 6 nitrogen and oxygen atoms in total. The van der Waals surface area contributed by atoms with E-state index in [1.807, 2.05) is 6.92 Å². The van der Waals surface area contributed by atoms with Crippen LogP contribution in [0.2, 0.25) is 0 Å². The Kier molecular flexibility index (Phi) is 5.44. The summed E-state index contributed by atoms with van der Waals surface area (Å²) in [5.74, 6) is -1.56. The smallest absolute Gasteiger partial charge is 0.303 e. The number of unbranched alkanes of at least 4 members (excludes halogenated alkanes) is 1. The maximum atomic E-state index is 13.8. The van der Waals surface area contributed by atoms with Gasteiger partial charge in [0.1, 0.15) is 23.1 Å². The molecule has 0 atom stereocenters. The number of aromatic nitrogens is 2. The predicted octanol–water partition coefficient (Wildman–Crippen LogP) is 4.12. The number of carbonyl (C=O) groups excluding carboxylic acids is 1. The molecule has 0 bridgehead atoms. The number of anilines is 2. The quantitative estimate of drug-likeness (QED) is 0.707. The van der Waals surface area contributed by atoms with Crippen LogP contribution < -0.4 is 16.3 Å². The third-order valence-corrected chi connectivity index (χ3v) is 4.04. The molecule has 1 aromatic heterocycles. The molecule has 0 unspecified atom stereocenters. The van der Waals surface area contributed by atoms with Crippen molar-refractivity contribution in [2.24, 2.45) is 0 Å². The Morgan fingerprint density at radius 2 is 1.78 bits per heavy atom. The van der Waals surface area contributed by atoms with E-state index >= 15 is 0 Å². The number of amides is 2. The van der Waals surface area contributed by atoms with Gasteiger partial charge in [-0.1, -0.05) is 31.5 Å². The van der Waals surface area contributed by atoms with E-state index in [1.165, 1.54) is 10.6 Å². The number of fused-ring (bicyclic) bond motifs is 1. The molecule has 0 saturated carbocycles. The summed E-state index contributed by atoms with van der Waals surface area (Å²) in [5, 5.41) is 5.26. The van der Waals surface area contributed by atoms with E-state index in [1.54, 1.807) is 24.3 Å². The van der Waals surface area contributed by atoms with Gasteiger partial charge in [-0.05, 0) is 30.7 Å². The number of urea groups is 1. The van der Waals surface area contributed by atoms with Gasteiger partial charge in [0.15, 0.2) is 0 Å². The third-order valence-electron chi connectivity index (χ3n) is 4.04. The molecule has 8 heteroatoms. The van der Waals surface area contributed by atoms with Crippen molar-refractivity contribution in [2.45, 2.75) is 26.3 Å². The zero-order valence-corrected chi connectivity index (χ0v) is 14.6. The van der Waals surface area contributed by atoms with Crippen molar-refractivity contribution in [2.75, 3.05) is 10.6 Å². The Balaban J connectivity index is 1.99. The predicted molar refractivity (Wildman–Crippen MR) is 99.9 cm³/mol. The van der Waals surface area contributed by atoms with Crippen LogP contribution in [0.5, 0.6) is 0 Å². The fourth-order valence-corrected chi connectivity index (χ4v) is 2.70. The number of benzene rings is 2. The Bertz CT molecular complexity index is 1030. The summed E-state index contributed by atoms with van der Waals surface area (Å²) in [6.07, 6.45) is 1.55. The Labute approximate surface area is 153 Å². The van der Waals surface area contributed by atoms with Crippen LogP contribution in [0.15, 0.2) is 47.3 Å². The highest BCUT2D eigenvalue weighted by Gasteiger charge is 2.16. The summed E-state index contributed by atoms with van der Waals surface area (Å²) in [4.78, 5) is 28.8. The number of rotatable bonds is 5. The molecule has 3 rings (SSSR count). The highest BCUT2D eigenvalue weighted by molar-refractivity contribution is 6.04. The minimum atomic E-state index is -0.895. The molecule has 3 aromatic rings. The third kappa shape index (κ3) is 3.94. The lowest BCUT2D eigenvalue weighted by atomic mass is 10.2. The molecule has 2 amide bonds. The van der Waals surface area contributed by atoms with E-state index in [2.05, 4.69) is 15.6 Å². The van der Waals surface area contributed by atoms with Crippen LogP contribution in [0.1, 0.15) is 19.8 Å². The summed E-state index contributed by atoms with van der Waals surface area (Å²) in [6, 6.07) is 9.26. The number of nitrogens with zero attached hydrogens (tertiary/aromatic N) is 2. The fourth-order valence-electron chi connectivity index (χ4n) is 2.70. The van der Waals surface area contributed by atoms with E-state index in [4.69, 9.17) is 0 Å². The molecular weight excluding hydrogens is 354 g/mol. The van der Waals surface area contributed by atoms with Crippen molar-refractivity contribution in [3.63, 3.8) is 0 Å². The fraction of sp³-hybridized carbons (Fsp3) is 0.211. The van der Waals surface area contributed by atoms with E-state index in [-0.39, 0.29) is 5.82 Å².